The van der Waals surface area contributed by atoms with Crippen molar-refractivity contribution in [3.05, 3.63) is 24.3 Å². The molecule has 1 heterocycles. The Hall–Kier alpha value is -2.08. The molecule has 25 heavy (non-hydrogen) atoms. The summed E-state index contributed by atoms with van der Waals surface area (Å²) in [6, 6.07) is 7.09. The van der Waals surface area contributed by atoms with Crippen molar-refractivity contribution in [2.75, 3.05) is 23.7 Å². The van der Waals surface area contributed by atoms with Gasteiger partial charge in [-0.15, -0.1) is 0 Å². The van der Waals surface area contributed by atoms with E-state index in [1.54, 1.807) is 6.07 Å². The second kappa shape index (κ2) is 7.87. The molecule has 0 spiro atoms. The minimum Gasteiger partial charge on any atom is -0.336 e. The molecule has 2 aliphatic rings. The number of anilines is 2. The molecule has 3 amide bonds. The minimum absolute atomic E-state index is 0.0416. The first-order valence-corrected chi connectivity index (χ1v) is 9.26. The van der Waals surface area contributed by atoms with E-state index in [0.717, 1.165) is 25.9 Å². The molecule has 1 aliphatic carbocycles. The summed E-state index contributed by atoms with van der Waals surface area (Å²) in [4.78, 5) is 27.2. The Morgan fingerprint density at radius 1 is 1.04 bits per heavy atom. The Morgan fingerprint density at radius 3 is 2.20 bits per heavy atom. The third kappa shape index (κ3) is 4.72. The summed E-state index contributed by atoms with van der Waals surface area (Å²) in [7, 11) is 0. The lowest BCUT2D eigenvalue weighted by atomic mass is 10.1. The van der Waals surface area contributed by atoms with Gasteiger partial charge in [0.05, 0.1) is 17.4 Å². The Kier molecular flexibility index (Phi) is 5.58. The monoisotopic (exact) mass is 344 g/mol. The van der Waals surface area contributed by atoms with Crippen LogP contribution in [-0.4, -0.2) is 42.0 Å². The highest BCUT2D eigenvalue weighted by molar-refractivity contribution is 6.01. The number of urea groups is 1. The molecule has 2 fully saturated rings. The van der Waals surface area contributed by atoms with E-state index in [1.165, 1.54) is 12.8 Å². The molecule has 0 bridgehead atoms. The van der Waals surface area contributed by atoms with E-state index in [4.69, 9.17) is 0 Å². The van der Waals surface area contributed by atoms with E-state index in [2.05, 4.69) is 20.9 Å². The topological polar surface area (TPSA) is 73.5 Å². The molecule has 1 saturated heterocycles. The number of rotatable bonds is 6. The van der Waals surface area contributed by atoms with Crippen molar-refractivity contribution >= 4 is 23.3 Å². The molecular formula is C19H28N4O2. The van der Waals surface area contributed by atoms with Crippen molar-refractivity contribution in [2.24, 2.45) is 5.92 Å². The number of hydrogen-bond donors (Lipinski definition) is 3. The van der Waals surface area contributed by atoms with Crippen LogP contribution in [0.25, 0.3) is 0 Å². The van der Waals surface area contributed by atoms with Crippen LogP contribution in [0.15, 0.2) is 24.3 Å². The predicted octanol–water partition coefficient (Wildman–Crippen LogP) is 3.03. The number of para-hydroxylation sites is 2. The lowest BCUT2D eigenvalue weighted by Gasteiger charge is -2.27. The number of carbonyl (C=O) groups is 2. The first kappa shape index (κ1) is 17.7. The van der Waals surface area contributed by atoms with Crippen molar-refractivity contribution in [1.82, 2.24) is 10.2 Å². The molecule has 1 saturated carbocycles. The number of nitrogens with one attached hydrogen (secondary N) is 3. The lowest BCUT2D eigenvalue weighted by Crippen LogP contribution is -2.44. The van der Waals surface area contributed by atoms with Crippen molar-refractivity contribution in [2.45, 2.75) is 51.6 Å². The van der Waals surface area contributed by atoms with Crippen LogP contribution in [0.4, 0.5) is 16.2 Å². The summed E-state index contributed by atoms with van der Waals surface area (Å²) in [5.41, 5.74) is 1.27. The zero-order chi connectivity index (χ0) is 17.8. The number of hydrogen-bond acceptors (Lipinski definition) is 3. The maximum absolute atomic E-state index is 12.9. The van der Waals surface area contributed by atoms with E-state index in [0.29, 0.717) is 17.3 Å². The van der Waals surface area contributed by atoms with Crippen LogP contribution in [-0.2, 0) is 4.79 Å². The molecule has 6 nitrogen and oxygen atoms in total. The molecule has 3 N–H and O–H groups in total. The molecule has 0 radical (unpaired) electrons. The maximum Gasteiger partial charge on any atom is 0.319 e. The fourth-order valence-electron chi connectivity index (χ4n) is 3.44. The molecule has 0 unspecified atom stereocenters. The summed E-state index contributed by atoms with van der Waals surface area (Å²) in [5.74, 6) is 0.519. The normalized spacial score (nSPS) is 18.8. The van der Waals surface area contributed by atoms with Gasteiger partial charge >= 0.3 is 6.03 Å². The Balaban J connectivity index is 1.69. The Bertz CT molecular complexity index is 622. The van der Waals surface area contributed by atoms with Gasteiger partial charge in [-0.3, -0.25) is 9.69 Å². The van der Waals surface area contributed by atoms with Crippen molar-refractivity contribution in [1.29, 1.82) is 0 Å². The largest absolute Gasteiger partial charge is 0.336 e. The van der Waals surface area contributed by atoms with Gasteiger partial charge in [-0.25, -0.2) is 4.79 Å². The van der Waals surface area contributed by atoms with Crippen molar-refractivity contribution in [3.63, 3.8) is 0 Å². The minimum atomic E-state index is -0.269. The molecule has 3 rings (SSSR count). The highest BCUT2D eigenvalue weighted by Gasteiger charge is 2.41. The lowest BCUT2D eigenvalue weighted by molar-refractivity contribution is -0.121. The average Bonchev–Trinajstić information content (AvgIpc) is 3.22. The molecule has 136 valence electrons. The van der Waals surface area contributed by atoms with Crippen LogP contribution in [0.3, 0.4) is 0 Å². The van der Waals surface area contributed by atoms with Crippen molar-refractivity contribution < 1.29 is 9.59 Å². The Morgan fingerprint density at radius 2 is 1.64 bits per heavy atom. The van der Waals surface area contributed by atoms with E-state index < -0.39 is 0 Å². The van der Waals surface area contributed by atoms with Crippen molar-refractivity contribution in [3.8, 4) is 0 Å². The quantitative estimate of drug-likeness (QED) is 0.743. The predicted molar refractivity (Wildman–Crippen MR) is 99.7 cm³/mol. The third-order valence-electron chi connectivity index (χ3n) is 4.72. The van der Waals surface area contributed by atoms with Crippen LogP contribution in [0.2, 0.25) is 0 Å². The summed E-state index contributed by atoms with van der Waals surface area (Å²) in [5, 5.41) is 8.66. The Labute approximate surface area is 149 Å². The second-order valence-corrected chi connectivity index (χ2v) is 7.31. The molecule has 6 heteroatoms. The highest BCUT2D eigenvalue weighted by Crippen LogP contribution is 2.37. The van der Waals surface area contributed by atoms with E-state index >= 15 is 0 Å². The van der Waals surface area contributed by atoms with Gasteiger partial charge in [0.2, 0.25) is 5.91 Å². The van der Waals surface area contributed by atoms with Gasteiger partial charge in [0, 0.05) is 6.04 Å². The second-order valence-electron chi connectivity index (χ2n) is 7.31. The first-order valence-electron chi connectivity index (χ1n) is 9.26. The van der Waals surface area contributed by atoms with E-state index in [1.807, 2.05) is 32.0 Å². The van der Waals surface area contributed by atoms with Gasteiger partial charge < -0.3 is 16.0 Å². The molecule has 1 aromatic rings. The highest BCUT2D eigenvalue weighted by atomic mass is 16.2. The van der Waals surface area contributed by atoms with Crippen LogP contribution in [0.5, 0.6) is 0 Å². The molecule has 1 aromatic carbocycles. The number of nitrogens with zero attached hydrogens (tertiary/aromatic N) is 1. The van der Waals surface area contributed by atoms with Crippen LogP contribution in [0, 0.1) is 5.92 Å². The van der Waals surface area contributed by atoms with E-state index in [-0.39, 0.29) is 24.0 Å². The standard InChI is InChI=1S/C19H28N4O2/c1-13(2)20-19(25)22-16-8-4-3-7-15(16)21-18(24)17(14-9-10-14)23-11-5-6-12-23/h3-4,7-8,13-14,17H,5-6,9-12H2,1-2H3,(H,21,24)(H2,20,22,25)/t17-/m0/s1. The zero-order valence-electron chi connectivity index (χ0n) is 15.0. The maximum atomic E-state index is 12.9. The van der Waals surface area contributed by atoms with Gasteiger partial charge in [-0.1, -0.05) is 12.1 Å². The zero-order valence-corrected chi connectivity index (χ0v) is 15.0. The summed E-state index contributed by atoms with van der Waals surface area (Å²) in [6.45, 7) is 5.82. The number of benzene rings is 1. The average molecular weight is 344 g/mol. The summed E-state index contributed by atoms with van der Waals surface area (Å²) < 4.78 is 0. The van der Waals surface area contributed by atoms with Gasteiger partial charge in [0.1, 0.15) is 0 Å². The van der Waals surface area contributed by atoms with Gasteiger partial charge in [-0.2, -0.15) is 0 Å². The molecular weight excluding hydrogens is 316 g/mol. The number of amides is 3. The van der Waals surface area contributed by atoms with Gasteiger partial charge in [-0.05, 0) is 70.7 Å². The van der Waals surface area contributed by atoms with Crippen LogP contribution in [0.1, 0.15) is 39.5 Å². The summed E-state index contributed by atoms with van der Waals surface area (Å²) >= 11 is 0. The summed E-state index contributed by atoms with van der Waals surface area (Å²) in [6.07, 6.45) is 4.60. The smallest absolute Gasteiger partial charge is 0.319 e. The first-order chi connectivity index (χ1) is 12.0. The fraction of sp³-hybridized carbons (Fsp3) is 0.579. The molecule has 1 aliphatic heterocycles. The van der Waals surface area contributed by atoms with Crippen LogP contribution < -0.4 is 16.0 Å². The third-order valence-corrected chi connectivity index (χ3v) is 4.72. The fourth-order valence-corrected chi connectivity index (χ4v) is 3.44. The SMILES string of the molecule is CC(C)NC(=O)Nc1ccccc1NC(=O)[C@H](C1CC1)N1CCCC1. The van der Waals surface area contributed by atoms with Gasteiger partial charge in [0.15, 0.2) is 0 Å². The van der Waals surface area contributed by atoms with Gasteiger partial charge in [0.25, 0.3) is 0 Å². The number of likely N-dealkylation sites (tertiary alicyclic amines) is 1. The van der Waals surface area contributed by atoms with Crippen LogP contribution >= 0.6 is 0 Å². The van der Waals surface area contributed by atoms with E-state index in [9.17, 15) is 9.59 Å². The molecule has 0 aromatic heterocycles. The molecule has 1 atom stereocenters. The number of carbonyl (C=O) groups excluding carboxylic acids is 2.